The van der Waals surface area contributed by atoms with Gasteiger partial charge in [-0.15, -0.1) is 5.10 Å². The van der Waals surface area contributed by atoms with E-state index in [-0.39, 0.29) is 17.8 Å². The van der Waals surface area contributed by atoms with Gasteiger partial charge in [0.2, 0.25) is 5.91 Å². The second kappa shape index (κ2) is 7.17. The molecule has 1 fully saturated rings. The van der Waals surface area contributed by atoms with Crippen molar-refractivity contribution in [3.05, 3.63) is 54.1 Å². The van der Waals surface area contributed by atoms with Crippen LogP contribution in [-0.4, -0.2) is 38.4 Å². The molecule has 1 aromatic carbocycles. The average Bonchev–Trinajstić information content (AvgIpc) is 3.21. The Balaban J connectivity index is 1.55. The van der Waals surface area contributed by atoms with Crippen LogP contribution in [0.2, 0.25) is 0 Å². The lowest BCUT2D eigenvalue weighted by Gasteiger charge is -2.24. The Morgan fingerprint density at radius 2 is 2.17 bits per heavy atom. The minimum absolute atomic E-state index is 0.117. The zero-order valence-electron chi connectivity index (χ0n) is 12.8. The second-order valence-corrected chi connectivity index (χ2v) is 5.67. The van der Waals surface area contributed by atoms with Gasteiger partial charge in [0.15, 0.2) is 0 Å². The van der Waals surface area contributed by atoms with Crippen LogP contribution in [-0.2, 0) is 11.3 Å². The van der Waals surface area contributed by atoms with Crippen molar-refractivity contribution in [3.63, 3.8) is 0 Å². The highest BCUT2D eigenvalue weighted by Gasteiger charge is 2.28. The minimum Gasteiger partial charge on any atom is -0.338 e. The third kappa shape index (κ3) is 4.03. The normalized spacial score (nSPS) is 18.0. The molecular weight excluding hydrogens is 295 g/mol. The third-order valence-electron chi connectivity index (χ3n) is 4.04. The van der Waals surface area contributed by atoms with Crippen LogP contribution in [0.3, 0.4) is 0 Å². The molecule has 1 amide bonds. The number of carbonyl (C=O) groups excluding carboxylic acids is 1. The smallest absolute Gasteiger partial charge is 0.226 e. The van der Waals surface area contributed by atoms with Crippen molar-refractivity contribution in [2.24, 2.45) is 0 Å². The van der Waals surface area contributed by atoms with E-state index < -0.39 is 0 Å². The number of benzene rings is 1. The number of amides is 1. The fourth-order valence-electron chi connectivity index (χ4n) is 2.89. The van der Waals surface area contributed by atoms with E-state index in [0.29, 0.717) is 13.0 Å². The SMILES string of the molecule is O=C(C/C=C/c1ccc(F)cc1)N1CCC[C@H]1Cn1ccnn1. The summed E-state index contributed by atoms with van der Waals surface area (Å²) in [5, 5.41) is 7.76. The molecule has 2 heterocycles. The van der Waals surface area contributed by atoms with E-state index in [2.05, 4.69) is 10.3 Å². The number of halogens is 1. The Morgan fingerprint density at radius 3 is 2.91 bits per heavy atom. The van der Waals surface area contributed by atoms with Gasteiger partial charge in [-0.3, -0.25) is 9.48 Å². The monoisotopic (exact) mass is 314 g/mol. The molecular formula is C17H19FN4O. The number of rotatable bonds is 5. The van der Waals surface area contributed by atoms with Gasteiger partial charge in [0.1, 0.15) is 5.82 Å². The summed E-state index contributed by atoms with van der Waals surface area (Å²) in [7, 11) is 0. The summed E-state index contributed by atoms with van der Waals surface area (Å²) in [5.74, 6) is -0.141. The van der Waals surface area contributed by atoms with Crippen molar-refractivity contribution in [1.82, 2.24) is 19.9 Å². The first-order chi connectivity index (χ1) is 11.2. The van der Waals surface area contributed by atoms with Gasteiger partial charge in [-0.1, -0.05) is 29.5 Å². The lowest BCUT2D eigenvalue weighted by Crippen LogP contribution is -2.37. The zero-order chi connectivity index (χ0) is 16.1. The molecule has 0 bridgehead atoms. The number of carbonyl (C=O) groups is 1. The summed E-state index contributed by atoms with van der Waals surface area (Å²) in [6, 6.07) is 6.40. The highest BCUT2D eigenvalue weighted by molar-refractivity contribution is 5.79. The van der Waals surface area contributed by atoms with Crippen molar-refractivity contribution in [3.8, 4) is 0 Å². The first kappa shape index (κ1) is 15.4. The van der Waals surface area contributed by atoms with Gasteiger partial charge in [-0.05, 0) is 30.5 Å². The summed E-state index contributed by atoms with van der Waals surface area (Å²) in [5.41, 5.74) is 0.889. The van der Waals surface area contributed by atoms with E-state index in [1.807, 2.05) is 23.2 Å². The summed E-state index contributed by atoms with van der Waals surface area (Å²) in [4.78, 5) is 14.3. The summed E-state index contributed by atoms with van der Waals surface area (Å²) < 4.78 is 14.6. The van der Waals surface area contributed by atoms with E-state index in [4.69, 9.17) is 0 Å². The number of hydrogen-bond donors (Lipinski definition) is 0. The van der Waals surface area contributed by atoms with Crippen molar-refractivity contribution in [2.45, 2.75) is 31.8 Å². The molecule has 23 heavy (non-hydrogen) atoms. The van der Waals surface area contributed by atoms with Gasteiger partial charge in [-0.25, -0.2) is 4.39 Å². The highest BCUT2D eigenvalue weighted by Crippen LogP contribution is 2.20. The standard InChI is InChI=1S/C17H19FN4O/c18-15-8-6-14(7-9-15)3-1-5-17(23)22-11-2-4-16(22)13-21-12-10-19-20-21/h1,3,6-10,12,16H,2,4-5,11,13H2/b3-1+/t16-/m0/s1. The van der Waals surface area contributed by atoms with Crippen LogP contribution in [0.5, 0.6) is 0 Å². The predicted molar refractivity (Wildman–Crippen MR) is 84.8 cm³/mol. The Hall–Kier alpha value is -2.50. The number of hydrogen-bond acceptors (Lipinski definition) is 3. The summed E-state index contributed by atoms with van der Waals surface area (Å²) >= 11 is 0. The molecule has 1 aliphatic heterocycles. The lowest BCUT2D eigenvalue weighted by atomic mass is 10.2. The van der Waals surface area contributed by atoms with E-state index in [1.165, 1.54) is 12.1 Å². The van der Waals surface area contributed by atoms with Crippen LogP contribution in [0.1, 0.15) is 24.8 Å². The molecule has 0 saturated carbocycles. The molecule has 1 atom stereocenters. The Morgan fingerprint density at radius 1 is 1.35 bits per heavy atom. The van der Waals surface area contributed by atoms with Crippen LogP contribution in [0.4, 0.5) is 4.39 Å². The molecule has 0 spiro atoms. The first-order valence-electron chi connectivity index (χ1n) is 7.78. The number of likely N-dealkylation sites (tertiary alicyclic amines) is 1. The molecule has 0 N–H and O–H groups in total. The van der Waals surface area contributed by atoms with Crippen LogP contribution < -0.4 is 0 Å². The largest absolute Gasteiger partial charge is 0.338 e. The molecule has 1 aliphatic rings. The molecule has 0 unspecified atom stereocenters. The highest BCUT2D eigenvalue weighted by atomic mass is 19.1. The van der Waals surface area contributed by atoms with Gasteiger partial charge in [0.05, 0.1) is 18.8 Å². The van der Waals surface area contributed by atoms with Gasteiger partial charge in [0, 0.05) is 19.2 Å². The molecule has 5 nitrogen and oxygen atoms in total. The fraction of sp³-hybridized carbons (Fsp3) is 0.353. The number of aromatic nitrogens is 3. The lowest BCUT2D eigenvalue weighted by molar-refractivity contribution is -0.131. The molecule has 1 aromatic heterocycles. The van der Waals surface area contributed by atoms with Crippen LogP contribution >= 0.6 is 0 Å². The van der Waals surface area contributed by atoms with Crippen molar-refractivity contribution in [1.29, 1.82) is 0 Å². The van der Waals surface area contributed by atoms with Crippen molar-refractivity contribution in [2.75, 3.05) is 6.54 Å². The van der Waals surface area contributed by atoms with Crippen LogP contribution in [0, 0.1) is 5.82 Å². The average molecular weight is 314 g/mol. The Labute approximate surface area is 134 Å². The Kier molecular flexibility index (Phi) is 4.80. The van der Waals surface area contributed by atoms with Crippen LogP contribution in [0.15, 0.2) is 42.7 Å². The van der Waals surface area contributed by atoms with E-state index in [1.54, 1.807) is 23.0 Å². The fourth-order valence-corrected chi connectivity index (χ4v) is 2.89. The molecule has 3 rings (SSSR count). The first-order valence-corrected chi connectivity index (χ1v) is 7.78. The maximum atomic E-state index is 12.8. The van der Waals surface area contributed by atoms with E-state index >= 15 is 0 Å². The number of nitrogens with zero attached hydrogens (tertiary/aromatic N) is 4. The maximum absolute atomic E-state index is 12.8. The molecule has 2 aromatic rings. The second-order valence-electron chi connectivity index (χ2n) is 5.67. The predicted octanol–water partition coefficient (Wildman–Crippen LogP) is 2.51. The quantitative estimate of drug-likeness (QED) is 0.852. The molecule has 6 heteroatoms. The Bertz CT molecular complexity index is 666. The topological polar surface area (TPSA) is 51.0 Å². The zero-order valence-corrected chi connectivity index (χ0v) is 12.8. The minimum atomic E-state index is -0.258. The molecule has 1 saturated heterocycles. The van der Waals surface area contributed by atoms with E-state index in [0.717, 1.165) is 24.9 Å². The van der Waals surface area contributed by atoms with Gasteiger partial charge in [-0.2, -0.15) is 0 Å². The molecule has 0 radical (unpaired) electrons. The van der Waals surface area contributed by atoms with Crippen molar-refractivity contribution >= 4 is 12.0 Å². The van der Waals surface area contributed by atoms with E-state index in [9.17, 15) is 9.18 Å². The van der Waals surface area contributed by atoms with Gasteiger partial charge in [0.25, 0.3) is 0 Å². The van der Waals surface area contributed by atoms with Gasteiger partial charge >= 0.3 is 0 Å². The third-order valence-corrected chi connectivity index (χ3v) is 4.04. The van der Waals surface area contributed by atoms with Crippen molar-refractivity contribution < 1.29 is 9.18 Å². The molecule has 120 valence electrons. The van der Waals surface area contributed by atoms with Gasteiger partial charge < -0.3 is 4.90 Å². The summed E-state index contributed by atoms with van der Waals surface area (Å²) in [6.45, 7) is 1.48. The maximum Gasteiger partial charge on any atom is 0.226 e. The summed E-state index contributed by atoms with van der Waals surface area (Å²) in [6.07, 6.45) is 9.51. The van der Waals surface area contributed by atoms with Crippen LogP contribution in [0.25, 0.3) is 6.08 Å². The molecule has 0 aliphatic carbocycles.